The van der Waals surface area contributed by atoms with Crippen molar-refractivity contribution in [2.45, 2.75) is 32.3 Å². The quantitative estimate of drug-likeness (QED) is 0.719. The van der Waals surface area contributed by atoms with E-state index in [2.05, 4.69) is 0 Å². The standard InChI is InChI=1S/C10H19NO3/c1-3-14-8-9(12)11-6-4-10(2,13)5-7-11/h13H,3-8H2,1-2H3. The van der Waals surface area contributed by atoms with Crippen molar-refractivity contribution in [2.24, 2.45) is 0 Å². The molecular weight excluding hydrogens is 182 g/mol. The van der Waals surface area contributed by atoms with Gasteiger partial charge in [-0.05, 0) is 26.7 Å². The van der Waals surface area contributed by atoms with Gasteiger partial charge < -0.3 is 14.7 Å². The van der Waals surface area contributed by atoms with Gasteiger partial charge in [0.05, 0.1) is 5.60 Å². The van der Waals surface area contributed by atoms with E-state index in [1.807, 2.05) is 13.8 Å². The van der Waals surface area contributed by atoms with Gasteiger partial charge in [-0.25, -0.2) is 0 Å². The molecule has 1 heterocycles. The lowest BCUT2D eigenvalue weighted by Crippen LogP contribution is -2.46. The van der Waals surface area contributed by atoms with Crippen LogP contribution >= 0.6 is 0 Å². The van der Waals surface area contributed by atoms with Crippen LogP contribution in [0.25, 0.3) is 0 Å². The zero-order valence-corrected chi connectivity index (χ0v) is 8.95. The second kappa shape index (κ2) is 4.75. The molecule has 0 radical (unpaired) electrons. The number of piperidine rings is 1. The van der Waals surface area contributed by atoms with E-state index in [1.54, 1.807) is 4.90 Å². The summed E-state index contributed by atoms with van der Waals surface area (Å²) < 4.78 is 5.05. The molecule has 0 aromatic heterocycles. The number of aliphatic hydroxyl groups is 1. The molecule has 1 aliphatic heterocycles. The third-order valence-electron chi connectivity index (χ3n) is 2.62. The number of nitrogens with zero attached hydrogens (tertiary/aromatic N) is 1. The smallest absolute Gasteiger partial charge is 0.248 e. The van der Waals surface area contributed by atoms with Gasteiger partial charge in [0.1, 0.15) is 6.61 Å². The fourth-order valence-electron chi connectivity index (χ4n) is 1.52. The van der Waals surface area contributed by atoms with Crippen LogP contribution in [0.2, 0.25) is 0 Å². The molecule has 0 aliphatic carbocycles. The van der Waals surface area contributed by atoms with Gasteiger partial charge in [0.2, 0.25) is 5.91 Å². The Morgan fingerprint density at radius 1 is 1.50 bits per heavy atom. The normalized spacial score (nSPS) is 20.9. The highest BCUT2D eigenvalue weighted by Gasteiger charge is 2.29. The molecule has 1 saturated heterocycles. The van der Waals surface area contributed by atoms with Crippen molar-refractivity contribution >= 4 is 5.91 Å². The Morgan fingerprint density at radius 3 is 2.57 bits per heavy atom. The summed E-state index contributed by atoms with van der Waals surface area (Å²) >= 11 is 0. The highest BCUT2D eigenvalue weighted by molar-refractivity contribution is 5.77. The first kappa shape index (κ1) is 11.5. The molecule has 1 aliphatic rings. The SMILES string of the molecule is CCOCC(=O)N1CCC(C)(O)CC1. The zero-order chi connectivity index (χ0) is 10.6. The second-order valence-electron chi connectivity index (χ2n) is 4.01. The summed E-state index contributed by atoms with van der Waals surface area (Å²) in [6.07, 6.45) is 1.32. The predicted octanol–water partition coefficient (Wildman–Crippen LogP) is 0.396. The van der Waals surface area contributed by atoms with Crippen molar-refractivity contribution < 1.29 is 14.6 Å². The maximum absolute atomic E-state index is 11.5. The van der Waals surface area contributed by atoms with Crippen LogP contribution in [0.5, 0.6) is 0 Å². The molecule has 4 heteroatoms. The summed E-state index contributed by atoms with van der Waals surface area (Å²) in [5.41, 5.74) is -0.595. The number of ether oxygens (including phenoxy) is 1. The van der Waals surface area contributed by atoms with E-state index in [0.717, 1.165) is 0 Å². The summed E-state index contributed by atoms with van der Waals surface area (Å²) in [6, 6.07) is 0. The lowest BCUT2D eigenvalue weighted by Gasteiger charge is -2.35. The Bertz CT molecular complexity index is 194. The fourth-order valence-corrected chi connectivity index (χ4v) is 1.52. The first-order chi connectivity index (χ1) is 6.55. The molecule has 1 amide bonds. The minimum absolute atomic E-state index is 0.0300. The number of hydrogen-bond donors (Lipinski definition) is 1. The third kappa shape index (κ3) is 3.27. The molecule has 1 N–H and O–H groups in total. The molecule has 0 saturated carbocycles. The van der Waals surface area contributed by atoms with E-state index in [1.165, 1.54) is 0 Å². The van der Waals surface area contributed by atoms with Gasteiger partial charge in [0.15, 0.2) is 0 Å². The fraction of sp³-hybridized carbons (Fsp3) is 0.900. The average molecular weight is 201 g/mol. The summed E-state index contributed by atoms with van der Waals surface area (Å²) in [4.78, 5) is 13.2. The van der Waals surface area contributed by atoms with Crippen LogP contribution in [0.15, 0.2) is 0 Å². The van der Waals surface area contributed by atoms with Crippen LogP contribution in [0.1, 0.15) is 26.7 Å². The first-order valence-electron chi connectivity index (χ1n) is 5.13. The molecule has 0 unspecified atom stereocenters. The van der Waals surface area contributed by atoms with E-state index < -0.39 is 5.60 Å². The largest absolute Gasteiger partial charge is 0.390 e. The van der Waals surface area contributed by atoms with E-state index in [0.29, 0.717) is 32.5 Å². The topological polar surface area (TPSA) is 49.8 Å². The van der Waals surface area contributed by atoms with Crippen LogP contribution in [0.4, 0.5) is 0 Å². The molecule has 14 heavy (non-hydrogen) atoms. The summed E-state index contributed by atoms with van der Waals surface area (Å²) in [6.45, 7) is 5.69. The van der Waals surface area contributed by atoms with Crippen LogP contribution in [0.3, 0.4) is 0 Å². The Kier molecular flexibility index (Phi) is 3.89. The van der Waals surface area contributed by atoms with E-state index >= 15 is 0 Å². The zero-order valence-electron chi connectivity index (χ0n) is 8.95. The van der Waals surface area contributed by atoms with E-state index in [4.69, 9.17) is 4.74 Å². The van der Waals surface area contributed by atoms with Gasteiger partial charge in [-0.2, -0.15) is 0 Å². The maximum atomic E-state index is 11.5. The van der Waals surface area contributed by atoms with E-state index in [9.17, 15) is 9.90 Å². The first-order valence-corrected chi connectivity index (χ1v) is 5.13. The van der Waals surface area contributed by atoms with Gasteiger partial charge >= 0.3 is 0 Å². The third-order valence-corrected chi connectivity index (χ3v) is 2.62. The lowest BCUT2D eigenvalue weighted by molar-refractivity contribution is -0.139. The molecule has 1 fully saturated rings. The molecule has 1 rings (SSSR count). The highest BCUT2D eigenvalue weighted by Crippen LogP contribution is 2.20. The van der Waals surface area contributed by atoms with Gasteiger partial charge in [0.25, 0.3) is 0 Å². The molecular formula is C10H19NO3. The molecule has 0 aromatic rings. The lowest BCUT2D eigenvalue weighted by atomic mass is 9.94. The Hall–Kier alpha value is -0.610. The number of likely N-dealkylation sites (tertiary alicyclic amines) is 1. The number of hydrogen-bond acceptors (Lipinski definition) is 3. The monoisotopic (exact) mass is 201 g/mol. The Labute approximate surface area is 84.8 Å². The van der Waals surface area contributed by atoms with Crippen molar-refractivity contribution in [1.29, 1.82) is 0 Å². The van der Waals surface area contributed by atoms with Gasteiger partial charge in [-0.15, -0.1) is 0 Å². The minimum atomic E-state index is -0.595. The van der Waals surface area contributed by atoms with Crippen molar-refractivity contribution in [3.05, 3.63) is 0 Å². The summed E-state index contributed by atoms with van der Waals surface area (Å²) in [5.74, 6) is 0.0300. The van der Waals surface area contributed by atoms with E-state index in [-0.39, 0.29) is 12.5 Å². The highest BCUT2D eigenvalue weighted by atomic mass is 16.5. The average Bonchev–Trinajstić information content (AvgIpc) is 2.14. The van der Waals surface area contributed by atoms with Gasteiger partial charge in [0, 0.05) is 19.7 Å². The molecule has 0 aromatic carbocycles. The Morgan fingerprint density at radius 2 is 2.07 bits per heavy atom. The van der Waals surface area contributed by atoms with Crippen molar-refractivity contribution in [1.82, 2.24) is 4.90 Å². The molecule has 0 spiro atoms. The minimum Gasteiger partial charge on any atom is -0.390 e. The molecule has 4 nitrogen and oxygen atoms in total. The number of rotatable bonds is 3. The number of carbonyl (C=O) groups is 1. The second-order valence-corrected chi connectivity index (χ2v) is 4.01. The van der Waals surface area contributed by atoms with Crippen molar-refractivity contribution in [3.63, 3.8) is 0 Å². The predicted molar refractivity (Wildman–Crippen MR) is 52.9 cm³/mol. The Balaban J connectivity index is 2.30. The maximum Gasteiger partial charge on any atom is 0.248 e. The van der Waals surface area contributed by atoms with Gasteiger partial charge in [-0.1, -0.05) is 0 Å². The number of carbonyl (C=O) groups excluding carboxylic acids is 1. The summed E-state index contributed by atoms with van der Waals surface area (Å²) in [5, 5.41) is 9.68. The van der Waals surface area contributed by atoms with Crippen molar-refractivity contribution in [2.75, 3.05) is 26.3 Å². The van der Waals surface area contributed by atoms with Crippen LogP contribution in [-0.4, -0.2) is 47.8 Å². The van der Waals surface area contributed by atoms with Crippen LogP contribution in [0, 0.1) is 0 Å². The van der Waals surface area contributed by atoms with Crippen LogP contribution in [-0.2, 0) is 9.53 Å². The van der Waals surface area contributed by atoms with Crippen molar-refractivity contribution in [3.8, 4) is 0 Å². The molecule has 0 bridgehead atoms. The summed E-state index contributed by atoms with van der Waals surface area (Å²) in [7, 11) is 0. The van der Waals surface area contributed by atoms with Crippen LogP contribution < -0.4 is 0 Å². The van der Waals surface area contributed by atoms with Gasteiger partial charge in [-0.3, -0.25) is 4.79 Å². The molecule has 82 valence electrons. The number of amides is 1. The molecule has 0 atom stereocenters.